The van der Waals surface area contributed by atoms with E-state index in [1.165, 1.54) is 38.5 Å². The second-order valence-corrected chi connectivity index (χ2v) is 12.2. The summed E-state index contributed by atoms with van der Waals surface area (Å²) in [6.45, 7) is 0.345. The highest BCUT2D eigenvalue weighted by molar-refractivity contribution is 5.74. The highest BCUT2D eigenvalue weighted by Gasteiger charge is 2.52. The van der Waals surface area contributed by atoms with E-state index in [0.717, 1.165) is 74.0 Å². The van der Waals surface area contributed by atoms with Crippen LogP contribution in [0.2, 0.25) is 0 Å². The number of carbonyl (C=O) groups excluding carboxylic acids is 2. The van der Waals surface area contributed by atoms with E-state index in [0.29, 0.717) is 0 Å². The van der Waals surface area contributed by atoms with Crippen molar-refractivity contribution in [3.05, 3.63) is 0 Å². The first kappa shape index (κ1) is 21.0. The standard InChI is InChI=1S/C24H38N4O4/c29-21(25-23-9-15-3-16(10-23)5-17(4-15)11-23)27-31-1-2-32-28-22(30)26-24-12-18-6-19(13-24)8-20(7-18)14-24/h15-20H,1-14H2,(H2,25,27,29)(H2,26,28,30). The second-order valence-electron chi connectivity index (χ2n) is 12.2. The molecule has 0 heterocycles. The summed E-state index contributed by atoms with van der Waals surface area (Å²) in [6, 6.07) is -0.529. The van der Waals surface area contributed by atoms with Gasteiger partial charge in [0.1, 0.15) is 13.2 Å². The summed E-state index contributed by atoms with van der Waals surface area (Å²) in [7, 11) is 0. The van der Waals surface area contributed by atoms with Gasteiger partial charge in [0.05, 0.1) is 0 Å². The van der Waals surface area contributed by atoms with E-state index in [1.54, 1.807) is 0 Å². The zero-order valence-electron chi connectivity index (χ0n) is 19.0. The Morgan fingerprint density at radius 2 is 0.844 bits per heavy atom. The molecular formula is C24H38N4O4. The Morgan fingerprint density at radius 1 is 0.562 bits per heavy atom. The molecule has 178 valence electrons. The lowest BCUT2D eigenvalue weighted by Gasteiger charge is -2.56. The van der Waals surface area contributed by atoms with Gasteiger partial charge in [0.25, 0.3) is 0 Å². The lowest BCUT2D eigenvalue weighted by molar-refractivity contribution is -0.0338. The number of hydroxylamine groups is 2. The van der Waals surface area contributed by atoms with Crippen molar-refractivity contribution < 1.29 is 19.3 Å². The van der Waals surface area contributed by atoms with Crippen LogP contribution in [0.5, 0.6) is 0 Å². The van der Waals surface area contributed by atoms with Crippen LogP contribution in [0.25, 0.3) is 0 Å². The third-order valence-electron chi connectivity index (χ3n) is 9.45. The normalized spacial score (nSPS) is 45.0. The van der Waals surface area contributed by atoms with Crippen LogP contribution in [0.1, 0.15) is 77.0 Å². The quantitative estimate of drug-likeness (QED) is 0.356. The molecule has 0 unspecified atom stereocenters. The van der Waals surface area contributed by atoms with Crippen molar-refractivity contribution in [1.29, 1.82) is 0 Å². The first-order chi connectivity index (χ1) is 15.5. The van der Waals surface area contributed by atoms with E-state index < -0.39 is 0 Å². The maximum absolute atomic E-state index is 12.4. The zero-order valence-corrected chi connectivity index (χ0v) is 19.0. The minimum atomic E-state index is -0.264. The minimum absolute atomic E-state index is 0.0321. The third-order valence-corrected chi connectivity index (χ3v) is 9.45. The number of rotatable bonds is 7. The van der Waals surface area contributed by atoms with E-state index in [1.807, 2.05) is 0 Å². The van der Waals surface area contributed by atoms with E-state index in [2.05, 4.69) is 21.6 Å². The summed E-state index contributed by atoms with van der Waals surface area (Å²) >= 11 is 0. The summed E-state index contributed by atoms with van der Waals surface area (Å²) < 4.78 is 0. The maximum atomic E-state index is 12.4. The fourth-order valence-corrected chi connectivity index (χ4v) is 9.38. The van der Waals surface area contributed by atoms with Gasteiger partial charge in [0.15, 0.2) is 0 Å². The third kappa shape index (κ3) is 4.20. The van der Waals surface area contributed by atoms with Crippen molar-refractivity contribution in [3.63, 3.8) is 0 Å². The van der Waals surface area contributed by atoms with Gasteiger partial charge in [-0.15, -0.1) is 0 Å². The second kappa shape index (κ2) is 8.05. The summed E-state index contributed by atoms with van der Waals surface area (Å²) in [5.41, 5.74) is 4.92. The Kier molecular flexibility index (Phi) is 5.29. The molecule has 8 saturated carbocycles. The first-order valence-electron chi connectivity index (χ1n) is 12.9. The van der Waals surface area contributed by atoms with E-state index in [-0.39, 0.29) is 36.4 Å². The van der Waals surface area contributed by atoms with E-state index in [9.17, 15) is 9.59 Å². The molecule has 8 rings (SSSR count). The molecule has 4 N–H and O–H groups in total. The van der Waals surface area contributed by atoms with Crippen molar-refractivity contribution in [1.82, 2.24) is 21.6 Å². The van der Waals surface area contributed by atoms with Gasteiger partial charge < -0.3 is 10.6 Å². The smallest absolute Gasteiger partial charge is 0.331 e. The summed E-state index contributed by atoms with van der Waals surface area (Å²) in [4.78, 5) is 35.2. The van der Waals surface area contributed by atoms with Crippen LogP contribution in [0, 0.1) is 35.5 Å². The van der Waals surface area contributed by atoms with Gasteiger partial charge in [-0.25, -0.2) is 20.5 Å². The fourth-order valence-electron chi connectivity index (χ4n) is 9.38. The van der Waals surface area contributed by atoms with Gasteiger partial charge in [0, 0.05) is 11.1 Å². The van der Waals surface area contributed by atoms with Crippen LogP contribution in [0.3, 0.4) is 0 Å². The van der Waals surface area contributed by atoms with Gasteiger partial charge in [-0.2, -0.15) is 0 Å². The largest absolute Gasteiger partial charge is 0.339 e. The lowest BCUT2D eigenvalue weighted by Crippen LogP contribution is -2.61. The molecule has 8 aliphatic carbocycles. The van der Waals surface area contributed by atoms with E-state index >= 15 is 0 Å². The SMILES string of the molecule is O=C(NOCCONC(=O)NC12CC3CC(CC(C3)C1)C2)NC12CC3CC(CC(C3)C1)C2. The van der Waals surface area contributed by atoms with Crippen LogP contribution in [0.4, 0.5) is 9.59 Å². The molecule has 0 spiro atoms. The van der Waals surface area contributed by atoms with Gasteiger partial charge in [-0.3, -0.25) is 9.68 Å². The molecule has 0 aromatic carbocycles. The van der Waals surface area contributed by atoms with Crippen LogP contribution >= 0.6 is 0 Å². The summed E-state index contributed by atoms with van der Waals surface area (Å²) in [6.07, 6.45) is 14.7. The van der Waals surface area contributed by atoms with Crippen molar-refractivity contribution in [2.45, 2.75) is 88.1 Å². The molecule has 8 fully saturated rings. The minimum Gasteiger partial charge on any atom is -0.331 e. The molecule has 0 atom stereocenters. The van der Waals surface area contributed by atoms with Crippen LogP contribution in [0.15, 0.2) is 0 Å². The molecule has 0 saturated heterocycles. The predicted octanol–water partition coefficient (Wildman–Crippen LogP) is 3.39. The molecule has 8 nitrogen and oxygen atoms in total. The Bertz CT molecular complexity index is 624. The number of hydrogen-bond acceptors (Lipinski definition) is 4. The number of carbonyl (C=O) groups is 2. The number of urea groups is 2. The lowest BCUT2D eigenvalue weighted by atomic mass is 9.53. The Labute approximate surface area is 190 Å². The Morgan fingerprint density at radius 3 is 1.12 bits per heavy atom. The number of amides is 4. The predicted molar refractivity (Wildman–Crippen MR) is 117 cm³/mol. The molecule has 8 bridgehead atoms. The Balaban J connectivity index is 0.866. The zero-order chi connectivity index (χ0) is 21.8. The fraction of sp³-hybridized carbons (Fsp3) is 0.917. The maximum Gasteiger partial charge on any atom is 0.339 e. The van der Waals surface area contributed by atoms with Gasteiger partial charge in [-0.1, -0.05) is 0 Å². The van der Waals surface area contributed by atoms with Gasteiger partial charge >= 0.3 is 12.1 Å². The molecule has 8 heteroatoms. The van der Waals surface area contributed by atoms with Crippen molar-refractivity contribution in [3.8, 4) is 0 Å². The highest BCUT2D eigenvalue weighted by Crippen LogP contribution is 2.56. The number of hydrogen-bond donors (Lipinski definition) is 4. The molecule has 0 aromatic rings. The topological polar surface area (TPSA) is 101 Å². The van der Waals surface area contributed by atoms with Gasteiger partial charge in [-0.05, 0) is 113 Å². The van der Waals surface area contributed by atoms with Crippen LogP contribution in [-0.2, 0) is 9.68 Å². The monoisotopic (exact) mass is 446 g/mol. The summed E-state index contributed by atoms with van der Waals surface area (Å²) in [5, 5.41) is 6.42. The van der Waals surface area contributed by atoms with Crippen molar-refractivity contribution in [2.75, 3.05) is 13.2 Å². The molecule has 4 amide bonds. The average Bonchev–Trinajstić information content (AvgIpc) is 2.67. The molecule has 8 aliphatic rings. The van der Waals surface area contributed by atoms with Crippen molar-refractivity contribution >= 4 is 12.1 Å². The van der Waals surface area contributed by atoms with E-state index in [4.69, 9.17) is 9.68 Å². The molecular weight excluding hydrogens is 408 g/mol. The van der Waals surface area contributed by atoms with Crippen molar-refractivity contribution in [2.24, 2.45) is 35.5 Å². The molecule has 0 aliphatic heterocycles. The van der Waals surface area contributed by atoms with Gasteiger partial charge in [0.2, 0.25) is 0 Å². The highest BCUT2D eigenvalue weighted by atomic mass is 16.7. The molecule has 0 aromatic heterocycles. The average molecular weight is 447 g/mol. The molecule has 0 radical (unpaired) electrons. The molecule has 32 heavy (non-hydrogen) atoms. The van der Waals surface area contributed by atoms with Crippen LogP contribution in [-0.4, -0.2) is 36.4 Å². The van der Waals surface area contributed by atoms with Crippen LogP contribution < -0.4 is 21.6 Å². The number of nitrogens with one attached hydrogen (secondary N) is 4. The summed E-state index contributed by atoms with van der Waals surface area (Å²) in [5.74, 6) is 4.70. The first-order valence-corrected chi connectivity index (χ1v) is 12.9. The Hall–Kier alpha value is -1.54.